The van der Waals surface area contributed by atoms with Crippen LogP contribution >= 0.6 is 22.7 Å². The molecule has 3 aromatic rings. The van der Waals surface area contributed by atoms with E-state index in [2.05, 4.69) is 12.1 Å². The van der Waals surface area contributed by atoms with E-state index in [9.17, 15) is 9.59 Å². The zero-order valence-electron chi connectivity index (χ0n) is 18.9. The lowest BCUT2D eigenvalue weighted by atomic mass is 10.1. The van der Waals surface area contributed by atoms with Crippen molar-refractivity contribution in [3.63, 3.8) is 0 Å². The first-order valence-corrected chi connectivity index (χ1v) is 12.7. The van der Waals surface area contributed by atoms with E-state index in [-0.39, 0.29) is 24.2 Å². The van der Waals surface area contributed by atoms with Gasteiger partial charge < -0.3 is 19.3 Å². The van der Waals surface area contributed by atoms with Gasteiger partial charge in [-0.1, -0.05) is 18.2 Å². The number of benzene rings is 1. The molecule has 6 nitrogen and oxygen atoms in total. The fourth-order valence-electron chi connectivity index (χ4n) is 4.11. The SMILES string of the molecule is COc1ccc(CCN2CC(C(=O)N(Cc3cccs3)Cc3cccs3)CC2=O)cc1OC. The Hall–Kier alpha value is -2.84. The molecule has 1 saturated heterocycles. The number of carbonyl (C=O) groups is 2. The van der Waals surface area contributed by atoms with Crippen LogP contribution in [0.4, 0.5) is 0 Å². The largest absolute Gasteiger partial charge is 0.493 e. The van der Waals surface area contributed by atoms with Gasteiger partial charge in [-0.05, 0) is 47.0 Å². The first-order chi connectivity index (χ1) is 16.1. The van der Waals surface area contributed by atoms with Crippen molar-refractivity contribution in [3.05, 3.63) is 68.5 Å². The highest BCUT2D eigenvalue weighted by Crippen LogP contribution is 2.29. The Balaban J connectivity index is 1.39. The molecule has 1 atom stereocenters. The van der Waals surface area contributed by atoms with Gasteiger partial charge in [-0.25, -0.2) is 0 Å². The van der Waals surface area contributed by atoms with Gasteiger partial charge in [-0.3, -0.25) is 9.59 Å². The second-order valence-electron chi connectivity index (χ2n) is 8.03. The van der Waals surface area contributed by atoms with E-state index in [4.69, 9.17) is 9.47 Å². The summed E-state index contributed by atoms with van der Waals surface area (Å²) in [6.45, 7) is 2.19. The van der Waals surface area contributed by atoms with Crippen LogP contribution < -0.4 is 9.47 Å². The van der Waals surface area contributed by atoms with E-state index in [1.807, 2.05) is 50.9 Å². The molecular formula is C25H28N2O4S2. The average Bonchev–Trinajstić information content (AvgIpc) is 3.60. The third-order valence-corrected chi connectivity index (χ3v) is 7.57. The Morgan fingerprint density at radius 1 is 1.03 bits per heavy atom. The molecule has 0 bridgehead atoms. The average molecular weight is 485 g/mol. The number of thiophene rings is 2. The zero-order valence-corrected chi connectivity index (χ0v) is 20.5. The molecular weight excluding hydrogens is 456 g/mol. The van der Waals surface area contributed by atoms with Crippen LogP contribution in [0.15, 0.2) is 53.2 Å². The molecule has 1 fully saturated rings. The zero-order chi connectivity index (χ0) is 23.2. The maximum absolute atomic E-state index is 13.4. The number of likely N-dealkylation sites (tertiary alicyclic amines) is 1. The maximum Gasteiger partial charge on any atom is 0.228 e. The second-order valence-corrected chi connectivity index (χ2v) is 10.1. The molecule has 174 valence electrons. The number of rotatable bonds is 10. The summed E-state index contributed by atoms with van der Waals surface area (Å²) in [7, 11) is 3.22. The highest BCUT2D eigenvalue weighted by molar-refractivity contribution is 7.10. The molecule has 0 radical (unpaired) electrons. The molecule has 1 aliphatic heterocycles. The molecule has 1 aliphatic rings. The predicted octanol–water partition coefficient (Wildman–Crippen LogP) is 4.45. The smallest absolute Gasteiger partial charge is 0.228 e. The molecule has 0 saturated carbocycles. The number of ether oxygens (including phenoxy) is 2. The van der Waals surface area contributed by atoms with E-state index < -0.39 is 0 Å². The van der Waals surface area contributed by atoms with Crippen molar-refractivity contribution in [3.8, 4) is 11.5 Å². The Morgan fingerprint density at radius 3 is 2.27 bits per heavy atom. The van der Waals surface area contributed by atoms with Crippen molar-refractivity contribution >= 4 is 34.5 Å². The van der Waals surface area contributed by atoms with Gasteiger partial charge in [0.2, 0.25) is 11.8 Å². The molecule has 0 spiro atoms. The van der Waals surface area contributed by atoms with Gasteiger partial charge in [-0.2, -0.15) is 0 Å². The standard InChI is InChI=1S/C25H28N2O4S2/c1-30-22-8-7-18(13-23(22)31-2)9-10-26-15-19(14-24(26)28)25(29)27(16-20-5-3-11-32-20)17-21-6-4-12-33-21/h3-8,11-13,19H,9-10,14-17H2,1-2H3. The lowest BCUT2D eigenvalue weighted by Crippen LogP contribution is -2.36. The number of amides is 2. The highest BCUT2D eigenvalue weighted by Gasteiger charge is 2.36. The number of nitrogens with zero attached hydrogens (tertiary/aromatic N) is 2. The molecule has 0 aliphatic carbocycles. The second kappa shape index (κ2) is 10.9. The topological polar surface area (TPSA) is 59.1 Å². The molecule has 2 amide bonds. The van der Waals surface area contributed by atoms with Crippen LogP contribution in [0.5, 0.6) is 11.5 Å². The summed E-state index contributed by atoms with van der Waals surface area (Å²) in [4.78, 5) is 32.2. The lowest BCUT2D eigenvalue weighted by molar-refractivity contribution is -0.137. The van der Waals surface area contributed by atoms with E-state index in [1.54, 1.807) is 36.9 Å². The number of methoxy groups -OCH3 is 2. The number of hydrogen-bond donors (Lipinski definition) is 0. The van der Waals surface area contributed by atoms with E-state index in [0.717, 1.165) is 15.3 Å². The van der Waals surface area contributed by atoms with Gasteiger partial charge in [0.1, 0.15) is 0 Å². The van der Waals surface area contributed by atoms with Crippen LogP contribution in [-0.4, -0.2) is 48.9 Å². The van der Waals surface area contributed by atoms with Gasteiger partial charge >= 0.3 is 0 Å². The van der Waals surface area contributed by atoms with Crippen LogP contribution in [-0.2, 0) is 29.1 Å². The molecule has 3 heterocycles. The monoisotopic (exact) mass is 484 g/mol. The van der Waals surface area contributed by atoms with Gasteiger partial charge in [0.05, 0.1) is 33.2 Å². The van der Waals surface area contributed by atoms with Gasteiger partial charge in [0.15, 0.2) is 11.5 Å². The Kier molecular flexibility index (Phi) is 7.67. The van der Waals surface area contributed by atoms with Crippen LogP contribution in [0, 0.1) is 5.92 Å². The van der Waals surface area contributed by atoms with Crippen molar-refractivity contribution in [1.29, 1.82) is 0 Å². The Bertz CT molecular complexity index is 1030. The van der Waals surface area contributed by atoms with Crippen molar-refractivity contribution in [2.75, 3.05) is 27.3 Å². The minimum atomic E-state index is -0.303. The van der Waals surface area contributed by atoms with Crippen LogP contribution in [0.3, 0.4) is 0 Å². The molecule has 0 N–H and O–H groups in total. The summed E-state index contributed by atoms with van der Waals surface area (Å²) >= 11 is 3.30. The number of carbonyl (C=O) groups excluding carboxylic acids is 2. The molecule has 1 aromatic carbocycles. The van der Waals surface area contributed by atoms with Crippen molar-refractivity contribution in [2.24, 2.45) is 5.92 Å². The van der Waals surface area contributed by atoms with Gasteiger partial charge in [0.25, 0.3) is 0 Å². The summed E-state index contributed by atoms with van der Waals surface area (Å²) in [5.74, 6) is 1.15. The summed E-state index contributed by atoms with van der Waals surface area (Å²) in [6, 6.07) is 13.9. The molecule has 4 rings (SSSR count). The maximum atomic E-state index is 13.4. The van der Waals surface area contributed by atoms with Gasteiger partial charge in [0, 0.05) is 29.3 Å². The predicted molar refractivity (Wildman–Crippen MR) is 131 cm³/mol. The third kappa shape index (κ3) is 5.75. The minimum Gasteiger partial charge on any atom is -0.493 e. The summed E-state index contributed by atoms with van der Waals surface area (Å²) in [5, 5.41) is 4.05. The van der Waals surface area contributed by atoms with Crippen LogP contribution in [0.25, 0.3) is 0 Å². The molecule has 33 heavy (non-hydrogen) atoms. The fourth-order valence-corrected chi connectivity index (χ4v) is 5.54. The summed E-state index contributed by atoms with van der Waals surface area (Å²) in [6.07, 6.45) is 0.970. The fraction of sp³-hybridized carbons (Fsp3) is 0.360. The van der Waals surface area contributed by atoms with Crippen LogP contribution in [0.2, 0.25) is 0 Å². The van der Waals surface area contributed by atoms with E-state index >= 15 is 0 Å². The third-order valence-electron chi connectivity index (χ3n) is 5.85. The molecule has 2 aromatic heterocycles. The van der Waals surface area contributed by atoms with Crippen molar-refractivity contribution in [1.82, 2.24) is 9.80 Å². The normalized spacial score (nSPS) is 15.6. The van der Waals surface area contributed by atoms with Crippen molar-refractivity contribution in [2.45, 2.75) is 25.9 Å². The highest BCUT2D eigenvalue weighted by atomic mass is 32.1. The van der Waals surface area contributed by atoms with E-state index in [1.165, 1.54) is 0 Å². The Labute approximate surface area is 202 Å². The van der Waals surface area contributed by atoms with Gasteiger partial charge in [-0.15, -0.1) is 22.7 Å². The lowest BCUT2D eigenvalue weighted by Gasteiger charge is -2.25. The first-order valence-electron chi connectivity index (χ1n) is 10.9. The molecule has 8 heteroatoms. The minimum absolute atomic E-state index is 0.0426. The quantitative estimate of drug-likeness (QED) is 0.427. The summed E-state index contributed by atoms with van der Waals surface area (Å²) < 4.78 is 10.7. The molecule has 1 unspecified atom stereocenters. The van der Waals surface area contributed by atoms with Crippen LogP contribution in [0.1, 0.15) is 21.7 Å². The van der Waals surface area contributed by atoms with E-state index in [0.29, 0.717) is 44.1 Å². The Morgan fingerprint density at radius 2 is 1.70 bits per heavy atom. The summed E-state index contributed by atoms with van der Waals surface area (Å²) in [5.41, 5.74) is 1.06. The number of hydrogen-bond acceptors (Lipinski definition) is 6. The first kappa shape index (κ1) is 23.3. The van der Waals surface area contributed by atoms with Crippen molar-refractivity contribution < 1.29 is 19.1 Å².